The molecule has 0 bridgehead atoms. The van der Waals surface area contributed by atoms with Gasteiger partial charge in [-0.25, -0.2) is 4.79 Å². The highest BCUT2D eigenvalue weighted by Gasteiger charge is 2.34. The Bertz CT molecular complexity index is 245. The minimum atomic E-state index is -0.116. The van der Waals surface area contributed by atoms with Crippen LogP contribution in [0.4, 0.5) is 4.79 Å². The number of aldehydes is 1. The van der Waals surface area contributed by atoms with E-state index in [2.05, 4.69) is 0 Å². The van der Waals surface area contributed by atoms with Crippen LogP contribution < -0.4 is 0 Å². The third-order valence-corrected chi connectivity index (χ3v) is 2.78. The van der Waals surface area contributed by atoms with Crippen LogP contribution in [0.1, 0.15) is 20.3 Å². The van der Waals surface area contributed by atoms with E-state index in [-0.39, 0.29) is 31.4 Å². The number of ether oxygens (including phenoxy) is 1. The third-order valence-electron chi connectivity index (χ3n) is 2.78. The maximum atomic E-state index is 11.9. The van der Waals surface area contributed by atoms with Crippen molar-refractivity contribution >= 4 is 12.3 Å². The van der Waals surface area contributed by atoms with Crippen molar-refractivity contribution in [3.05, 3.63) is 0 Å². The van der Waals surface area contributed by atoms with Crippen LogP contribution in [0.2, 0.25) is 0 Å². The highest BCUT2D eigenvalue weighted by atomic mass is 16.5. The largest absolute Gasteiger partial charge is 0.364 e. The van der Waals surface area contributed by atoms with Gasteiger partial charge in [-0.2, -0.15) is 0 Å². The topological polar surface area (TPSA) is 49.9 Å². The fraction of sp³-hybridized carbons (Fsp3) is 0.800. The van der Waals surface area contributed by atoms with E-state index < -0.39 is 0 Å². The van der Waals surface area contributed by atoms with Gasteiger partial charge in [-0.15, -0.1) is 0 Å². The molecule has 0 saturated carbocycles. The van der Waals surface area contributed by atoms with E-state index in [0.29, 0.717) is 0 Å². The van der Waals surface area contributed by atoms with Gasteiger partial charge in [-0.1, -0.05) is 0 Å². The Hall–Kier alpha value is -1.10. The molecule has 1 aliphatic heterocycles. The Labute approximate surface area is 90.0 Å². The molecule has 0 aromatic carbocycles. The van der Waals surface area contributed by atoms with Gasteiger partial charge in [0.2, 0.25) is 0 Å². The summed E-state index contributed by atoms with van der Waals surface area (Å²) in [6.45, 7) is 4.39. The predicted molar refractivity (Wildman–Crippen MR) is 55.4 cm³/mol. The van der Waals surface area contributed by atoms with Gasteiger partial charge in [0.25, 0.3) is 0 Å². The van der Waals surface area contributed by atoms with E-state index in [0.717, 1.165) is 12.7 Å². The van der Waals surface area contributed by atoms with Crippen molar-refractivity contribution in [2.75, 3.05) is 20.4 Å². The van der Waals surface area contributed by atoms with Gasteiger partial charge in [-0.3, -0.25) is 4.90 Å². The molecule has 5 nitrogen and oxygen atoms in total. The number of hydrogen-bond donors (Lipinski definition) is 0. The summed E-state index contributed by atoms with van der Waals surface area (Å²) in [5.41, 5.74) is 0. The first kappa shape index (κ1) is 12.0. The summed E-state index contributed by atoms with van der Waals surface area (Å²) in [4.78, 5) is 25.6. The molecule has 15 heavy (non-hydrogen) atoms. The van der Waals surface area contributed by atoms with Crippen molar-refractivity contribution in [2.24, 2.45) is 0 Å². The summed E-state index contributed by atoms with van der Waals surface area (Å²) < 4.78 is 4.97. The van der Waals surface area contributed by atoms with Gasteiger partial charge in [0.05, 0.1) is 6.54 Å². The van der Waals surface area contributed by atoms with Crippen LogP contribution in [0.3, 0.4) is 0 Å². The van der Waals surface area contributed by atoms with Crippen LogP contribution in [0, 0.1) is 0 Å². The fourth-order valence-electron chi connectivity index (χ4n) is 1.95. The second-order valence-corrected chi connectivity index (χ2v) is 3.92. The molecule has 86 valence electrons. The number of urea groups is 1. The molecule has 2 atom stereocenters. The minimum Gasteiger partial charge on any atom is -0.364 e. The van der Waals surface area contributed by atoms with E-state index in [1.165, 1.54) is 0 Å². The molecule has 0 spiro atoms. The number of nitrogens with zero attached hydrogens (tertiary/aromatic N) is 2. The molecule has 1 rings (SSSR count). The van der Waals surface area contributed by atoms with Crippen molar-refractivity contribution in [3.8, 4) is 0 Å². The Morgan fingerprint density at radius 3 is 2.53 bits per heavy atom. The van der Waals surface area contributed by atoms with E-state index in [1.807, 2.05) is 13.8 Å². The van der Waals surface area contributed by atoms with Crippen LogP contribution in [0.5, 0.6) is 0 Å². The maximum Gasteiger partial charge on any atom is 0.322 e. The molecule has 0 aromatic rings. The molecular weight excluding hydrogens is 196 g/mol. The first-order chi connectivity index (χ1) is 7.11. The molecule has 1 heterocycles. The minimum absolute atomic E-state index is 0.116. The monoisotopic (exact) mass is 214 g/mol. The van der Waals surface area contributed by atoms with Gasteiger partial charge in [-0.05, 0) is 20.3 Å². The van der Waals surface area contributed by atoms with Gasteiger partial charge in [0.15, 0.2) is 0 Å². The van der Waals surface area contributed by atoms with Crippen molar-refractivity contribution in [1.29, 1.82) is 0 Å². The smallest absolute Gasteiger partial charge is 0.322 e. The van der Waals surface area contributed by atoms with E-state index in [4.69, 9.17) is 4.74 Å². The predicted octanol–water partition coefficient (Wildman–Crippen LogP) is 0.694. The molecule has 1 aliphatic rings. The first-order valence-corrected chi connectivity index (χ1v) is 5.11. The summed E-state index contributed by atoms with van der Waals surface area (Å²) >= 11 is 0. The van der Waals surface area contributed by atoms with Gasteiger partial charge in [0.1, 0.15) is 13.0 Å². The standard InChI is InChI=1S/C10H18N2O3/c1-8-6-9(2)12(7-15-3)10(14)11(8)4-5-13/h5,8-9H,4,6-7H2,1-3H3. The van der Waals surface area contributed by atoms with Gasteiger partial charge >= 0.3 is 6.03 Å². The zero-order valence-corrected chi connectivity index (χ0v) is 9.47. The Morgan fingerprint density at radius 1 is 1.40 bits per heavy atom. The summed E-state index contributed by atoms with van der Waals surface area (Å²) in [6, 6.07) is 0.163. The summed E-state index contributed by atoms with van der Waals surface area (Å²) in [5.74, 6) is 0. The average Bonchev–Trinajstić information content (AvgIpc) is 2.19. The van der Waals surface area contributed by atoms with E-state index >= 15 is 0 Å². The summed E-state index contributed by atoms with van der Waals surface area (Å²) in [6.07, 6.45) is 1.62. The second-order valence-electron chi connectivity index (χ2n) is 3.92. The number of rotatable bonds is 4. The summed E-state index contributed by atoms with van der Waals surface area (Å²) in [7, 11) is 1.56. The number of carbonyl (C=O) groups excluding carboxylic acids is 2. The zero-order chi connectivity index (χ0) is 11.4. The maximum absolute atomic E-state index is 11.9. The fourth-order valence-corrected chi connectivity index (χ4v) is 1.95. The Kier molecular flexibility index (Phi) is 4.08. The van der Waals surface area contributed by atoms with E-state index in [1.54, 1.807) is 16.9 Å². The Morgan fingerprint density at radius 2 is 2.00 bits per heavy atom. The number of methoxy groups -OCH3 is 1. The lowest BCUT2D eigenvalue weighted by Crippen LogP contribution is -2.57. The van der Waals surface area contributed by atoms with Crippen LogP contribution >= 0.6 is 0 Å². The molecule has 2 unspecified atom stereocenters. The summed E-state index contributed by atoms with van der Waals surface area (Å²) in [5, 5.41) is 0. The highest BCUT2D eigenvalue weighted by molar-refractivity contribution is 5.78. The lowest BCUT2D eigenvalue weighted by molar-refractivity contribution is -0.109. The SMILES string of the molecule is COCN1C(=O)N(CC=O)C(C)CC1C. The molecular formula is C10H18N2O3. The molecule has 1 saturated heterocycles. The molecule has 0 aromatic heterocycles. The van der Waals surface area contributed by atoms with Crippen molar-refractivity contribution in [1.82, 2.24) is 9.80 Å². The van der Waals surface area contributed by atoms with E-state index in [9.17, 15) is 9.59 Å². The van der Waals surface area contributed by atoms with Crippen molar-refractivity contribution in [2.45, 2.75) is 32.4 Å². The second kappa shape index (κ2) is 5.11. The molecule has 0 radical (unpaired) electrons. The lowest BCUT2D eigenvalue weighted by atomic mass is 10.0. The molecule has 1 fully saturated rings. The van der Waals surface area contributed by atoms with Gasteiger partial charge in [0, 0.05) is 19.2 Å². The van der Waals surface area contributed by atoms with Crippen molar-refractivity contribution < 1.29 is 14.3 Å². The molecule has 5 heteroatoms. The quantitative estimate of drug-likeness (QED) is 0.647. The zero-order valence-electron chi connectivity index (χ0n) is 9.47. The number of carbonyl (C=O) groups is 2. The average molecular weight is 214 g/mol. The van der Waals surface area contributed by atoms with Crippen molar-refractivity contribution in [3.63, 3.8) is 0 Å². The third kappa shape index (κ3) is 2.47. The molecule has 2 amide bonds. The molecule has 0 aliphatic carbocycles. The Balaban J connectivity index is 2.74. The molecule has 0 N–H and O–H groups in total. The number of amides is 2. The van der Waals surface area contributed by atoms with Crippen LogP contribution in [-0.4, -0.2) is 54.6 Å². The highest BCUT2D eigenvalue weighted by Crippen LogP contribution is 2.20. The lowest BCUT2D eigenvalue weighted by Gasteiger charge is -2.42. The van der Waals surface area contributed by atoms with Gasteiger partial charge < -0.3 is 14.4 Å². The number of hydrogen-bond acceptors (Lipinski definition) is 3. The normalized spacial score (nSPS) is 27.0. The van der Waals surface area contributed by atoms with Crippen LogP contribution in [-0.2, 0) is 9.53 Å². The van der Waals surface area contributed by atoms with Crippen LogP contribution in [0.15, 0.2) is 0 Å². The first-order valence-electron chi connectivity index (χ1n) is 5.11. The van der Waals surface area contributed by atoms with Crippen LogP contribution in [0.25, 0.3) is 0 Å².